The number of halogens is 3. The first-order chi connectivity index (χ1) is 17.8. The molecule has 0 radical (unpaired) electrons. The van der Waals surface area contributed by atoms with Gasteiger partial charge in [0.2, 0.25) is 5.89 Å². The van der Waals surface area contributed by atoms with Crippen LogP contribution in [0.2, 0.25) is 0 Å². The number of benzene rings is 1. The number of methoxy groups -OCH3 is 1. The second kappa shape index (κ2) is 10.3. The van der Waals surface area contributed by atoms with Crippen molar-refractivity contribution in [3.63, 3.8) is 0 Å². The van der Waals surface area contributed by atoms with Crippen LogP contribution >= 0.6 is 0 Å². The zero-order valence-electron chi connectivity index (χ0n) is 20.7. The van der Waals surface area contributed by atoms with Gasteiger partial charge in [-0.3, -0.25) is 9.69 Å². The first kappa shape index (κ1) is 25.5. The molecule has 2 fully saturated rings. The van der Waals surface area contributed by atoms with Gasteiger partial charge in [-0.25, -0.2) is 9.97 Å². The number of oxazole rings is 1. The number of carbonyl (C=O) groups excluding carboxylic acids is 1. The molecular weight excluding hydrogens is 487 g/mol. The maximum absolute atomic E-state index is 13.4. The van der Waals surface area contributed by atoms with Crippen LogP contribution in [-0.4, -0.2) is 65.0 Å². The van der Waals surface area contributed by atoms with E-state index in [1.165, 1.54) is 51.3 Å². The van der Waals surface area contributed by atoms with Gasteiger partial charge < -0.3 is 19.8 Å². The summed E-state index contributed by atoms with van der Waals surface area (Å²) >= 11 is 0. The molecule has 2 aromatic heterocycles. The molecule has 3 aromatic rings. The minimum absolute atomic E-state index is 0.0223. The van der Waals surface area contributed by atoms with Crippen LogP contribution in [0.5, 0.6) is 5.75 Å². The van der Waals surface area contributed by atoms with Gasteiger partial charge in [0.15, 0.2) is 11.5 Å². The summed E-state index contributed by atoms with van der Waals surface area (Å²) in [6.07, 6.45) is 1.65. The summed E-state index contributed by atoms with van der Waals surface area (Å²) < 4.78 is 51.0. The molecule has 37 heavy (non-hydrogen) atoms. The average molecular weight is 518 g/mol. The van der Waals surface area contributed by atoms with Crippen molar-refractivity contribution >= 4 is 16.8 Å². The number of carbonyl (C=O) groups is 1. The smallest absolute Gasteiger partial charge is 0.433 e. The van der Waals surface area contributed by atoms with Gasteiger partial charge in [-0.2, -0.15) is 13.2 Å². The zero-order chi connectivity index (χ0) is 26.2. The van der Waals surface area contributed by atoms with Crippen LogP contribution in [-0.2, 0) is 12.7 Å². The fourth-order valence-electron chi connectivity index (χ4n) is 5.36. The largest absolute Gasteiger partial charge is 0.494 e. The molecule has 1 aromatic carbocycles. The van der Waals surface area contributed by atoms with Crippen LogP contribution < -0.4 is 10.5 Å². The summed E-state index contributed by atoms with van der Waals surface area (Å²) in [5, 5.41) is 0.359. The van der Waals surface area contributed by atoms with E-state index in [4.69, 9.17) is 14.9 Å². The molecule has 1 aliphatic carbocycles. The average Bonchev–Trinajstić information content (AvgIpc) is 3.36. The maximum atomic E-state index is 13.4. The first-order valence-electron chi connectivity index (χ1n) is 12.6. The molecule has 198 valence electrons. The predicted molar refractivity (Wildman–Crippen MR) is 131 cm³/mol. The van der Waals surface area contributed by atoms with Gasteiger partial charge in [0, 0.05) is 43.2 Å². The van der Waals surface area contributed by atoms with Crippen molar-refractivity contribution < 1.29 is 27.1 Å². The van der Waals surface area contributed by atoms with Crippen molar-refractivity contribution in [3.05, 3.63) is 41.4 Å². The standard InChI is InChI=1S/C26H30F3N5O3/c1-36-19-9-7-18(17-8-10-21(26(27,28)29)31-22(17)19)24-32-23(20(15-30)37-24)25(35)34-13-11-33(12-14-34)16-5-3-2-4-6-16/h7-10,16H,2-6,11-15,30H2,1H3. The Labute approximate surface area is 212 Å². The normalized spacial score (nSPS) is 17.9. The van der Waals surface area contributed by atoms with Gasteiger partial charge in [-0.15, -0.1) is 0 Å². The summed E-state index contributed by atoms with van der Waals surface area (Å²) in [6.45, 7) is 2.78. The Bertz CT molecular complexity index is 1280. The third-order valence-electron chi connectivity index (χ3n) is 7.34. The Balaban J connectivity index is 1.42. The Hall–Kier alpha value is -3.18. The van der Waals surface area contributed by atoms with Crippen LogP contribution in [0.3, 0.4) is 0 Å². The molecular formula is C26H30F3N5O3. The van der Waals surface area contributed by atoms with Gasteiger partial charge in [-0.05, 0) is 37.1 Å². The molecule has 5 rings (SSSR count). The number of ether oxygens (including phenoxy) is 1. The van der Waals surface area contributed by atoms with Crippen molar-refractivity contribution in [1.82, 2.24) is 19.8 Å². The van der Waals surface area contributed by atoms with Crippen LogP contribution in [0, 0.1) is 0 Å². The lowest BCUT2D eigenvalue weighted by molar-refractivity contribution is -0.140. The van der Waals surface area contributed by atoms with Crippen LogP contribution in [0.25, 0.3) is 22.4 Å². The molecule has 2 aliphatic rings. The van der Waals surface area contributed by atoms with Crippen LogP contribution in [0.4, 0.5) is 13.2 Å². The topological polar surface area (TPSA) is 97.7 Å². The van der Waals surface area contributed by atoms with Crippen molar-refractivity contribution in [3.8, 4) is 17.2 Å². The summed E-state index contributed by atoms with van der Waals surface area (Å²) in [5.41, 5.74) is 5.40. The zero-order valence-corrected chi connectivity index (χ0v) is 20.7. The lowest BCUT2D eigenvalue weighted by Crippen LogP contribution is -2.52. The monoisotopic (exact) mass is 517 g/mol. The summed E-state index contributed by atoms with van der Waals surface area (Å²) in [5.74, 6) is 0.258. The number of pyridine rings is 1. The lowest BCUT2D eigenvalue weighted by Gasteiger charge is -2.40. The van der Waals surface area contributed by atoms with Gasteiger partial charge in [0.05, 0.1) is 13.7 Å². The number of nitrogens with zero attached hydrogens (tertiary/aromatic N) is 4. The number of hydrogen-bond donors (Lipinski definition) is 1. The van der Waals surface area contributed by atoms with E-state index in [0.29, 0.717) is 30.1 Å². The minimum Gasteiger partial charge on any atom is -0.494 e. The maximum Gasteiger partial charge on any atom is 0.433 e. The third-order valence-corrected chi connectivity index (χ3v) is 7.34. The summed E-state index contributed by atoms with van der Waals surface area (Å²) in [7, 11) is 1.36. The second-order valence-electron chi connectivity index (χ2n) is 9.52. The molecule has 0 bridgehead atoms. The van der Waals surface area contributed by atoms with E-state index in [1.807, 2.05) is 0 Å². The summed E-state index contributed by atoms with van der Waals surface area (Å²) in [4.78, 5) is 25.9. The predicted octanol–water partition coefficient (Wildman–Crippen LogP) is 4.47. The van der Waals surface area contributed by atoms with E-state index in [1.54, 1.807) is 11.0 Å². The van der Waals surface area contributed by atoms with E-state index < -0.39 is 11.9 Å². The molecule has 1 aliphatic heterocycles. The lowest BCUT2D eigenvalue weighted by atomic mass is 9.94. The van der Waals surface area contributed by atoms with Gasteiger partial charge in [0.25, 0.3) is 5.91 Å². The molecule has 0 spiro atoms. The fourth-order valence-corrected chi connectivity index (χ4v) is 5.36. The number of aromatic nitrogens is 2. The molecule has 8 nitrogen and oxygen atoms in total. The number of alkyl halides is 3. The van der Waals surface area contributed by atoms with Gasteiger partial charge in [0.1, 0.15) is 17.0 Å². The number of nitrogens with two attached hydrogens (primary N) is 1. The summed E-state index contributed by atoms with van der Waals surface area (Å²) in [6, 6.07) is 5.93. The van der Waals surface area contributed by atoms with Crippen LogP contribution in [0.1, 0.15) is 54.0 Å². The highest BCUT2D eigenvalue weighted by Gasteiger charge is 2.34. The SMILES string of the molecule is COc1ccc(-c2nc(C(=O)N3CCN(C4CCCCC4)CC3)c(CN)o2)c2ccc(C(F)(F)F)nc12. The Morgan fingerprint density at radius 3 is 2.46 bits per heavy atom. The fraction of sp³-hybridized carbons (Fsp3) is 0.500. The van der Waals surface area contributed by atoms with Gasteiger partial charge in [-0.1, -0.05) is 19.3 Å². The van der Waals surface area contributed by atoms with E-state index in [2.05, 4.69) is 14.9 Å². The second-order valence-corrected chi connectivity index (χ2v) is 9.52. The molecule has 0 atom stereocenters. The minimum atomic E-state index is -4.61. The number of piperazine rings is 1. The molecule has 11 heteroatoms. The van der Waals surface area contributed by atoms with Crippen molar-refractivity contribution in [2.75, 3.05) is 33.3 Å². The first-order valence-corrected chi connectivity index (χ1v) is 12.6. The van der Waals surface area contributed by atoms with E-state index in [9.17, 15) is 18.0 Å². The highest BCUT2D eigenvalue weighted by Crippen LogP contribution is 2.37. The Morgan fingerprint density at radius 1 is 1.08 bits per heavy atom. The van der Waals surface area contributed by atoms with E-state index in [-0.39, 0.29) is 41.1 Å². The Kier molecular flexibility index (Phi) is 7.09. The molecule has 1 amide bonds. The molecule has 1 saturated carbocycles. The molecule has 0 unspecified atom stereocenters. The molecule has 2 N–H and O–H groups in total. The van der Waals surface area contributed by atoms with Gasteiger partial charge >= 0.3 is 6.18 Å². The van der Waals surface area contributed by atoms with E-state index >= 15 is 0 Å². The van der Waals surface area contributed by atoms with Crippen LogP contribution in [0.15, 0.2) is 28.7 Å². The molecule has 1 saturated heterocycles. The van der Waals surface area contributed by atoms with Crippen molar-refractivity contribution in [2.45, 2.75) is 50.9 Å². The quantitative estimate of drug-likeness (QED) is 0.533. The number of amides is 1. The number of rotatable bonds is 5. The highest BCUT2D eigenvalue weighted by molar-refractivity contribution is 5.98. The Morgan fingerprint density at radius 2 is 1.81 bits per heavy atom. The van der Waals surface area contributed by atoms with Crippen molar-refractivity contribution in [1.29, 1.82) is 0 Å². The number of hydrogen-bond acceptors (Lipinski definition) is 7. The number of fused-ring (bicyclic) bond motifs is 1. The van der Waals surface area contributed by atoms with Crippen molar-refractivity contribution in [2.24, 2.45) is 5.73 Å². The molecule has 3 heterocycles. The third kappa shape index (κ3) is 5.02. The highest BCUT2D eigenvalue weighted by atomic mass is 19.4. The van der Waals surface area contributed by atoms with E-state index in [0.717, 1.165) is 19.2 Å².